The van der Waals surface area contributed by atoms with E-state index in [2.05, 4.69) is 5.32 Å². The van der Waals surface area contributed by atoms with Gasteiger partial charge in [-0.05, 0) is 24.6 Å². The number of hydrogen-bond acceptors (Lipinski definition) is 5. The molecule has 122 valence electrons. The number of carbonyl (C=O) groups is 2. The van der Waals surface area contributed by atoms with E-state index in [-0.39, 0.29) is 18.6 Å². The maximum Gasteiger partial charge on any atom is 0.341 e. The molecular formula is C16H17NO5S. The monoisotopic (exact) mass is 335 g/mol. The fourth-order valence-electron chi connectivity index (χ4n) is 1.89. The van der Waals surface area contributed by atoms with Crippen LogP contribution in [0.4, 0.5) is 0 Å². The molecule has 2 aromatic rings. The Kier molecular flexibility index (Phi) is 5.59. The van der Waals surface area contributed by atoms with Gasteiger partial charge in [0.1, 0.15) is 11.5 Å². The van der Waals surface area contributed by atoms with Gasteiger partial charge in [0.05, 0.1) is 18.0 Å². The average molecular weight is 335 g/mol. The van der Waals surface area contributed by atoms with Crippen molar-refractivity contribution >= 4 is 23.2 Å². The van der Waals surface area contributed by atoms with Gasteiger partial charge < -0.3 is 19.9 Å². The van der Waals surface area contributed by atoms with Crippen molar-refractivity contribution in [3.63, 3.8) is 0 Å². The molecule has 0 aliphatic carbocycles. The highest BCUT2D eigenvalue weighted by Crippen LogP contribution is 2.23. The summed E-state index contributed by atoms with van der Waals surface area (Å²) in [7, 11) is 1.56. The molecule has 23 heavy (non-hydrogen) atoms. The van der Waals surface area contributed by atoms with Crippen LogP contribution in [0.2, 0.25) is 0 Å². The van der Waals surface area contributed by atoms with Crippen LogP contribution in [0.5, 0.6) is 11.5 Å². The average Bonchev–Trinajstić information content (AvgIpc) is 3.02. The number of carboxylic acid groups (broad SMARTS) is 1. The lowest BCUT2D eigenvalue weighted by Crippen LogP contribution is -2.25. The third kappa shape index (κ3) is 4.72. The van der Waals surface area contributed by atoms with E-state index in [4.69, 9.17) is 14.6 Å². The molecule has 1 amide bonds. The van der Waals surface area contributed by atoms with Gasteiger partial charge in [-0.15, -0.1) is 11.3 Å². The molecule has 0 saturated carbocycles. The van der Waals surface area contributed by atoms with E-state index in [9.17, 15) is 9.59 Å². The first-order valence-corrected chi connectivity index (χ1v) is 7.75. The first kappa shape index (κ1) is 16.8. The third-order valence-electron chi connectivity index (χ3n) is 3.12. The fourth-order valence-corrected chi connectivity index (χ4v) is 2.65. The van der Waals surface area contributed by atoms with Crippen LogP contribution in [-0.2, 0) is 4.79 Å². The highest BCUT2D eigenvalue weighted by molar-refractivity contribution is 7.12. The van der Waals surface area contributed by atoms with Gasteiger partial charge in [0.15, 0.2) is 6.61 Å². The maximum atomic E-state index is 12.2. The molecule has 0 radical (unpaired) electrons. The molecule has 1 atom stereocenters. The summed E-state index contributed by atoms with van der Waals surface area (Å²) in [6.45, 7) is 1.49. The van der Waals surface area contributed by atoms with Gasteiger partial charge in [-0.1, -0.05) is 12.1 Å². The van der Waals surface area contributed by atoms with Gasteiger partial charge in [0.2, 0.25) is 0 Å². The molecule has 0 aliphatic rings. The van der Waals surface area contributed by atoms with Crippen molar-refractivity contribution in [2.75, 3.05) is 13.7 Å². The van der Waals surface area contributed by atoms with Crippen LogP contribution < -0.4 is 14.8 Å². The summed E-state index contributed by atoms with van der Waals surface area (Å²) in [5, 5.41) is 13.2. The van der Waals surface area contributed by atoms with Crippen molar-refractivity contribution in [1.29, 1.82) is 0 Å². The Balaban J connectivity index is 1.95. The molecule has 6 nitrogen and oxygen atoms in total. The summed E-state index contributed by atoms with van der Waals surface area (Å²) in [5.74, 6) is -0.0662. The van der Waals surface area contributed by atoms with E-state index in [1.54, 1.807) is 42.8 Å². The van der Waals surface area contributed by atoms with E-state index >= 15 is 0 Å². The molecule has 0 bridgehead atoms. The van der Waals surface area contributed by atoms with Crippen LogP contribution >= 0.6 is 11.3 Å². The molecule has 0 saturated heterocycles. The number of hydrogen-bond donors (Lipinski definition) is 2. The van der Waals surface area contributed by atoms with E-state index in [1.165, 1.54) is 11.3 Å². The Morgan fingerprint density at radius 2 is 1.96 bits per heavy atom. The lowest BCUT2D eigenvalue weighted by Gasteiger charge is -2.14. The van der Waals surface area contributed by atoms with Gasteiger partial charge in [-0.3, -0.25) is 4.79 Å². The molecule has 0 fully saturated rings. The predicted octanol–water partition coefficient (Wildman–Crippen LogP) is 2.71. The Bertz CT molecular complexity index is 680. The van der Waals surface area contributed by atoms with Crippen LogP contribution in [0, 0.1) is 0 Å². The highest BCUT2D eigenvalue weighted by atomic mass is 32.1. The first-order chi connectivity index (χ1) is 11.0. The smallest absolute Gasteiger partial charge is 0.341 e. The Morgan fingerprint density at radius 1 is 1.26 bits per heavy atom. The van der Waals surface area contributed by atoms with Crippen molar-refractivity contribution < 1.29 is 24.2 Å². The fraction of sp³-hybridized carbons (Fsp3) is 0.250. The minimum absolute atomic E-state index is 0.169. The number of ether oxygens (including phenoxy) is 2. The molecule has 1 heterocycles. The van der Waals surface area contributed by atoms with Gasteiger partial charge in [0, 0.05) is 11.4 Å². The molecular weight excluding hydrogens is 318 g/mol. The topological polar surface area (TPSA) is 84.9 Å². The SMILES string of the molecule is COc1csc(C(=O)NC(C)c2ccc(OCC(=O)O)cc2)c1. The van der Waals surface area contributed by atoms with Gasteiger partial charge in [-0.25, -0.2) is 4.79 Å². The Morgan fingerprint density at radius 3 is 2.52 bits per heavy atom. The molecule has 1 aromatic carbocycles. The van der Waals surface area contributed by atoms with E-state index in [1.807, 2.05) is 6.92 Å². The first-order valence-electron chi connectivity index (χ1n) is 6.87. The summed E-state index contributed by atoms with van der Waals surface area (Å²) in [4.78, 5) is 23.2. The summed E-state index contributed by atoms with van der Waals surface area (Å²) in [6.07, 6.45) is 0. The zero-order valence-electron chi connectivity index (χ0n) is 12.7. The molecule has 0 aliphatic heterocycles. The Labute approximate surface area is 137 Å². The number of rotatable bonds is 7. The minimum atomic E-state index is -1.03. The summed E-state index contributed by atoms with van der Waals surface area (Å²) in [6, 6.07) is 8.43. The van der Waals surface area contributed by atoms with Crippen LogP contribution in [0.15, 0.2) is 35.7 Å². The van der Waals surface area contributed by atoms with Crippen LogP contribution in [0.3, 0.4) is 0 Å². The maximum absolute atomic E-state index is 12.2. The molecule has 2 rings (SSSR count). The molecule has 1 aromatic heterocycles. The standard InChI is InChI=1S/C16H17NO5S/c1-10(17-16(20)14-7-13(21-2)9-23-14)11-3-5-12(6-4-11)22-8-15(18)19/h3-7,9-10H,8H2,1-2H3,(H,17,20)(H,18,19). The number of nitrogens with one attached hydrogen (secondary N) is 1. The normalized spacial score (nSPS) is 11.6. The van der Waals surface area contributed by atoms with Crippen molar-refractivity contribution in [1.82, 2.24) is 5.32 Å². The number of amides is 1. The summed E-state index contributed by atoms with van der Waals surface area (Å²) >= 11 is 1.32. The van der Waals surface area contributed by atoms with Crippen molar-refractivity contribution in [3.8, 4) is 11.5 Å². The second kappa shape index (κ2) is 7.64. The van der Waals surface area contributed by atoms with Gasteiger partial charge >= 0.3 is 5.97 Å². The number of aliphatic carboxylic acids is 1. The quantitative estimate of drug-likeness (QED) is 0.813. The number of methoxy groups -OCH3 is 1. The lowest BCUT2D eigenvalue weighted by atomic mass is 10.1. The molecule has 1 unspecified atom stereocenters. The van der Waals surface area contributed by atoms with Crippen molar-refractivity contribution in [2.45, 2.75) is 13.0 Å². The highest BCUT2D eigenvalue weighted by Gasteiger charge is 2.14. The second-order valence-electron chi connectivity index (χ2n) is 4.80. The molecule has 0 spiro atoms. The zero-order valence-corrected chi connectivity index (χ0v) is 13.6. The largest absolute Gasteiger partial charge is 0.496 e. The summed E-state index contributed by atoms with van der Waals surface area (Å²) < 4.78 is 10.1. The van der Waals surface area contributed by atoms with E-state index < -0.39 is 5.97 Å². The van der Waals surface area contributed by atoms with E-state index in [0.29, 0.717) is 16.4 Å². The van der Waals surface area contributed by atoms with Crippen molar-refractivity contribution in [2.24, 2.45) is 0 Å². The van der Waals surface area contributed by atoms with Gasteiger partial charge in [0.25, 0.3) is 5.91 Å². The second-order valence-corrected chi connectivity index (χ2v) is 5.71. The number of thiophene rings is 1. The number of carbonyl (C=O) groups excluding carboxylic acids is 1. The van der Waals surface area contributed by atoms with Crippen LogP contribution in [0.25, 0.3) is 0 Å². The number of benzene rings is 1. The third-order valence-corrected chi connectivity index (χ3v) is 4.03. The molecule has 7 heteroatoms. The van der Waals surface area contributed by atoms with Crippen LogP contribution in [-0.4, -0.2) is 30.7 Å². The number of carboxylic acids is 1. The minimum Gasteiger partial charge on any atom is -0.496 e. The van der Waals surface area contributed by atoms with Crippen molar-refractivity contribution in [3.05, 3.63) is 46.2 Å². The molecule has 2 N–H and O–H groups in total. The van der Waals surface area contributed by atoms with Gasteiger partial charge in [-0.2, -0.15) is 0 Å². The van der Waals surface area contributed by atoms with Crippen LogP contribution in [0.1, 0.15) is 28.2 Å². The lowest BCUT2D eigenvalue weighted by molar-refractivity contribution is -0.139. The Hall–Kier alpha value is -2.54. The zero-order chi connectivity index (χ0) is 16.8. The van der Waals surface area contributed by atoms with E-state index in [0.717, 1.165) is 5.56 Å². The summed E-state index contributed by atoms with van der Waals surface area (Å²) in [5.41, 5.74) is 0.893. The predicted molar refractivity (Wildman–Crippen MR) is 86.3 cm³/mol.